The molecule has 0 saturated carbocycles. The Kier molecular flexibility index (Phi) is 6.10. The lowest BCUT2D eigenvalue weighted by Crippen LogP contribution is -2.22. The Morgan fingerprint density at radius 1 is 1.42 bits per heavy atom. The molecule has 0 aromatic rings. The van der Waals surface area contributed by atoms with Crippen LogP contribution < -0.4 is 0 Å². The molecule has 0 fully saturated rings. The van der Waals surface area contributed by atoms with Crippen molar-refractivity contribution in [1.82, 2.24) is 0 Å². The predicted molar refractivity (Wildman–Crippen MR) is 68.0 cm³/mol. The van der Waals surface area contributed by atoms with Gasteiger partial charge in [0.05, 0.1) is 13.2 Å². The van der Waals surface area contributed by atoms with Crippen LogP contribution in [0, 0.1) is 17.8 Å². The number of carbonyl (C=O) groups excluding carboxylic acids is 2. The number of rotatable bonds is 4. The summed E-state index contributed by atoms with van der Waals surface area (Å²) in [7, 11) is 1.33. The van der Waals surface area contributed by atoms with Gasteiger partial charge in [0.1, 0.15) is 19.1 Å². The van der Waals surface area contributed by atoms with Crippen molar-refractivity contribution in [2.24, 2.45) is 5.92 Å². The summed E-state index contributed by atoms with van der Waals surface area (Å²) in [4.78, 5) is 21.6. The van der Waals surface area contributed by atoms with Gasteiger partial charge >= 0.3 is 11.9 Å². The summed E-state index contributed by atoms with van der Waals surface area (Å²) in [6, 6.07) is 0. The van der Waals surface area contributed by atoms with E-state index in [4.69, 9.17) is 9.47 Å². The maximum atomic E-state index is 10.9. The first-order valence-corrected chi connectivity index (χ1v) is 6.05. The quantitative estimate of drug-likeness (QED) is 0.433. The van der Waals surface area contributed by atoms with Gasteiger partial charge in [-0.2, -0.15) is 0 Å². The van der Waals surface area contributed by atoms with E-state index < -0.39 is 0 Å². The summed E-state index contributed by atoms with van der Waals surface area (Å²) in [6.45, 7) is 3.48. The van der Waals surface area contributed by atoms with E-state index in [9.17, 15) is 9.59 Å². The van der Waals surface area contributed by atoms with E-state index >= 15 is 0 Å². The van der Waals surface area contributed by atoms with E-state index in [0.717, 1.165) is 0 Å². The van der Waals surface area contributed by atoms with Crippen molar-refractivity contribution in [3.05, 3.63) is 12.2 Å². The van der Waals surface area contributed by atoms with Gasteiger partial charge in [-0.15, -0.1) is 0 Å². The topological polar surface area (TPSA) is 61.8 Å². The van der Waals surface area contributed by atoms with Gasteiger partial charge in [0.2, 0.25) is 0 Å². The molecule has 0 radical (unpaired) electrons. The Labute approximate surface area is 112 Å². The molecule has 0 aromatic carbocycles. The number of methoxy groups -OCH3 is 1. The highest BCUT2D eigenvalue weighted by Crippen LogP contribution is 2.18. The molecule has 0 aliphatic carbocycles. The Morgan fingerprint density at radius 3 is 2.79 bits per heavy atom. The number of hydrogen-bond donors (Lipinski definition) is 0. The number of esters is 2. The minimum atomic E-state index is -0.352. The lowest BCUT2D eigenvalue weighted by atomic mass is 10.1. The fourth-order valence-corrected chi connectivity index (χ4v) is 1.54. The average molecular weight is 266 g/mol. The van der Waals surface area contributed by atoms with Crippen LogP contribution in [0.25, 0.3) is 0 Å². The lowest BCUT2D eigenvalue weighted by molar-refractivity contribution is -0.144. The minimum Gasteiger partial charge on any atom is -0.468 e. The monoisotopic (exact) mass is 266 g/mol. The molecule has 1 rings (SSSR count). The van der Waals surface area contributed by atoms with Crippen molar-refractivity contribution in [1.29, 1.82) is 0 Å². The zero-order chi connectivity index (χ0) is 14.3. The molecule has 19 heavy (non-hydrogen) atoms. The van der Waals surface area contributed by atoms with Gasteiger partial charge in [-0.3, -0.25) is 9.59 Å². The van der Waals surface area contributed by atoms with Crippen molar-refractivity contribution in [2.45, 2.75) is 32.5 Å². The van der Waals surface area contributed by atoms with Gasteiger partial charge in [0, 0.05) is 12.8 Å². The third kappa shape index (κ3) is 5.58. The molecule has 1 aliphatic heterocycles. The largest absolute Gasteiger partial charge is 0.468 e. The number of hydrogen-bond acceptors (Lipinski definition) is 5. The summed E-state index contributed by atoms with van der Waals surface area (Å²) < 4.78 is 15.0. The predicted octanol–water partition coefficient (Wildman–Crippen LogP) is 1.08. The van der Waals surface area contributed by atoms with Crippen LogP contribution in [-0.4, -0.2) is 37.9 Å². The maximum Gasteiger partial charge on any atom is 0.317 e. The molecular formula is C14H18O5. The highest BCUT2D eigenvalue weighted by molar-refractivity contribution is 5.72. The molecule has 1 heterocycles. The van der Waals surface area contributed by atoms with Crippen LogP contribution in [0.4, 0.5) is 0 Å². The van der Waals surface area contributed by atoms with Crippen LogP contribution >= 0.6 is 0 Å². The molecule has 104 valence electrons. The molecule has 0 bridgehead atoms. The Hall–Kier alpha value is -1.80. The first kappa shape index (κ1) is 15.3. The standard InChI is InChI=1S/C14H18O5/c1-10(5-4-6-14(16)17-3)13-8-7-12(19-13)9-18-11(2)15/h7-8,10,12-13H,6,9H2,1-3H3/t10-,12+,13+/m1/s1. The minimum absolute atomic E-state index is 0.0387. The average Bonchev–Trinajstić information content (AvgIpc) is 2.84. The summed E-state index contributed by atoms with van der Waals surface area (Å²) in [6.07, 6.45) is 3.45. The van der Waals surface area contributed by atoms with E-state index in [1.165, 1.54) is 14.0 Å². The van der Waals surface area contributed by atoms with Gasteiger partial charge in [-0.25, -0.2) is 0 Å². The number of carbonyl (C=O) groups is 2. The third-order valence-electron chi connectivity index (χ3n) is 2.58. The summed E-state index contributed by atoms with van der Waals surface area (Å²) in [5, 5.41) is 0. The summed E-state index contributed by atoms with van der Waals surface area (Å²) in [5.41, 5.74) is 0. The normalized spacial score (nSPS) is 22.3. The molecule has 0 spiro atoms. The molecule has 0 amide bonds. The number of ether oxygens (including phenoxy) is 3. The smallest absolute Gasteiger partial charge is 0.317 e. The second-order valence-corrected chi connectivity index (χ2v) is 4.19. The van der Waals surface area contributed by atoms with Crippen molar-refractivity contribution in [3.63, 3.8) is 0 Å². The lowest BCUT2D eigenvalue weighted by Gasteiger charge is -2.16. The van der Waals surface area contributed by atoms with Gasteiger partial charge in [-0.1, -0.05) is 24.0 Å². The van der Waals surface area contributed by atoms with E-state index in [2.05, 4.69) is 16.6 Å². The van der Waals surface area contributed by atoms with Crippen LogP contribution in [0.1, 0.15) is 20.3 Å². The first-order valence-electron chi connectivity index (χ1n) is 6.05. The van der Waals surface area contributed by atoms with Crippen LogP contribution in [0.5, 0.6) is 0 Å². The van der Waals surface area contributed by atoms with Gasteiger partial charge in [0.25, 0.3) is 0 Å². The van der Waals surface area contributed by atoms with Crippen molar-refractivity contribution >= 4 is 11.9 Å². The van der Waals surface area contributed by atoms with E-state index in [1.807, 2.05) is 19.1 Å². The SMILES string of the molecule is COC(=O)CC#C[C@@H](C)[C@@H]1C=C[C@@H](COC(C)=O)O1. The van der Waals surface area contributed by atoms with E-state index in [1.54, 1.807) is 0 Å². The van der Waals surface area contributed by atoms with Crippen LogP contribution in [0.15, 0.2) is 12.2 Å². The zero-order valence-electron chi connectivity index (χ0n) is 11.3. The van der Waals surface area contributed by atoms with Crippen molar-refractivity contribution < 1.29 is 23.8 Å². The Balaban J connectivity index is 2.36. The fourth-order valence-electron chi connectivity index (χ4n) is 1.54. The molecule has 3 atom stereocenters. The summed E-state index contributed by atoms with van der Waals surface area (Å²) >= 11 is 0. The highest BCUT2D eigenvalue weighted by atomic mass is 16.6. The van der Waals surface area contributed by atoms with E-state index in [-0.39, 0.29) is 43.1 Å². The maximum absolute atomic E-state index is 10.9. The Morgan fingerprint density at radius 2 is 2.16 bits per heavy atom. The second-order valence-electron chi connectivity index (χ2n) is 4.19. The first-order chi connectivity index (χ1) is 9.02. The van der Waals surface area contributed by atoms with Crippen LogP contribution in [0.2, 0.25) is 0 Å². The Bertz CT molecular complexity index is 415. The summed E-state index contributed by atoms with van der Waals surface area (Å²) in [5.74, 6) is 4.98. The van der Waals surface area contributed by atoms with Crippen molar-refractivity contribution in [2.75, 3.05) is 13.7 Å². The highest BCUT2D eigenvalue weighted by Gasteiger charge is 2.23. The molecular weight excluding hydrogens is 248 g/mol. The molecule has 5 heteroatoms. The molecule has 1 aliphatic rings. The van der Waals surface area contributed by atoms with Gasteiger partial charge < -0.3 is 14.2 Å². The molecule has 5 nitrogen and oxygen atoms in total. The molecule has 0 N–H and O–H groups in total. The molecule has 0 unspecified atom stereocenters. The van der Waals surface area contributed by atoms with Crippen LogP contribution in [-0.2, 0) is 23.8 Å². The van der Waals surface area contributed by atoms with E-state index in [0.29, 0.717) is 0 Å². The van der Waals surface area contributed by atoms with Crippen molar-refractivity contribution in [3.8, 4) is 11.8 Å². The zero-order valence-corrected chi connectivity index (χ0v) is 11.3. The van der Waals surface area contributed by atoms with Gasteiger partial charge in [-0.05, 0) is 6.92 Å². The van der Waals surface area contributed by atoms with Crippen LogP contribution in [0.3, 0.4) is 0 Å². The molecule has 0 aromatic heterocycles. The third-order valence-corrected chi connectivity index (χ3v) is 2.58. The van der Waals surface area contributed by atoms with Gasteiger partial charge in [0.15, 0.2) is 0 Å². The fraction of sp³-hybridized carbons (Fsp3) is 0.571. The molecule has 0 saturated heterocycles. The second kappa shape index (κ2) is 7.59.